The van der Waals surface area contributed by atoms with Gasteiger partial charge in [0.25, 0.3) is 0 Å². The number of aryl methyl sites for hydroxylation is 1. The van der Waals surface area contributed by atoms with Gasteiger partial charge in [-0.3, -0.25) is 4.79 Å². The molecule has 1 N–H and O–H groups in total. The Balaban J connectivity index is 1.48. The predicted molar refractivity (Wildman–Crippen MR) is 128 cm³/mol. The van der Waals surface area contributed by atoms with Crippen LogP contribution in [0.25, 0.3) is 10.9 Å². The maximum atomic E-state index is 13.6. The molecule has 5 rings (SSSR count). The summed E-state index contributed by atoms with van der Waals surface area (Å²) < 4.78 is 16.7. The maximum Gasteiger partial charge on any atom is 0.226 e. The van der Waals surface area contributed by atoms with E-state index in [0.717, 1.165) is 49.9 Å². The number of aromatic nitrogens is 1. The van der Waals surface area contributed by atoms with Crippen LogP contribution in [0.1, 0.15) is 42.0 Å². The lowest BCUT2D eigenvalue weighted by Crippen LogP contribution is -2.44. The maximum absolute atomic E-state index is 13.6. The summed E-state index contributed by atoms with van der Waals surface area (Å²) in [6.07, 6.45) is 6.30. The molecule has 0 bridgehead atoms. The third kappa shape index (κ3) is 4.20. The predicted octanol–water partition coefficient (Wildman–Crippen LogP) is 4.67. The van der Waals surface area contributed by atoms with E-state index in [1.165, 1.54) is 22.1 Å². The van der Waals surface area contributed by atoms with Crippen molar-refractivity contribution in [2.24, 2.45) is 5.92 Å². The fourth-order valence-corrected chi connectivity index (χ4v) is 5.41. The Bertz CT molecular complexity index is 1130. The molecule has 2 aromatic carbocycles. The van der Waals surface area contributed by atoms with Crippen LogP contribution in [-0.2, 0) is 22.4 Å². The van der Waals surface area contributed by atoms with E-state index in [1.807, 2.05) is 6.07 Å². The van der Waals surface area contributed by atoms with Gasteiger partial charge in [0.15, 0.2) is 11.5 Å². The van der Waals surface area contributed by atoms with Crippen molar-refractivity contribution < 1.29 is 19.0 Å². The van der Waals surface area contributed by atoms with E-state index in [4.69, 9.17) is 14.2 Å². The van der Waals surface area contributed by atoms with Gasteiger partial charge in [-0.15, -0.1) is 0 Å². The van der Waals surface area contributed by atoms with E-state index in [9.17, 15) is 4.79 Å². The smallest absolute Gasteiger partial charge is 0.226 e. The summed E-state index contributed by atoms with van der Waals surface area (Å²) in [7, 11) is 3.33. The van der Waals surface area contributed by atoms with Gasteiger partial charge in [-0.05, 0) is 67.0 Å². The number of H-pyrrole nitrogens is 1. The summed E-state index contributed by atoms with van der Waals surface area (Å²) in [6.45, 7) is 2.08. The highest BCUT2D eigenvalue weighted by Gasteiger charge is 2.35. The minimum absolute atomic E-state index is 0.0116. The van der Waals surface area contributed by atoms with Crippen molar-refractivity contribution in [1.82, 2.24) is 9.88 Å². The number of ether oxygens (including phenoxy) is 3. The zero-order valence-corrected chi connectivity index (χ0v) is 19.4. The molecule has 1 fully saturated rings. The average molecular weight is 449 g/mol. The average Bonchev–Trinajstić information content (AvgIpc) is 3.29. The van der Waals surface area contributed by atoms with Gasteiger partial charge in [-0.25, -0.2) is 0 Å². The molecule has 3 heterocycles. The van der Waals surface area contributed by atoms with Gasteiger partial charge in [0, 0.05) is 42.8 Å². The Hall–Kier alpha value is -2.99. The molecule has 3 aromatic rings. The number of fused-ring (bicyclic) bond motifs is 2. The Kier molecular flexibility index (Phi) is 6.27. The molecule has 6 nitrogen and oxygen atoms in total. The number of hydrogen-bond acceptors (Lipinski definition) is 4. The standard InChI is InChI=1S/C27H32N2O4/c1-31-25-15-19-9-12-29(27(30)18-10-13-33-14-11-18)24(22(19)16-26(25)32-2)8-7-20-17-28-23-6-4-3-5-21(20)23/h3-6,15-18,24,28H,7-14H2,1-2H3/t24-/m1/s1. The monoisotopic (exact) mass is 448 g/mol. The number of aromatic amines is 1. The van der Waals surface area contributed by atoms with Gasteiger partial charge in [0.05, 0.1) is 20.3 Å². The van der Waals surface area contributed by atoms with Crippen LogP contribution in [-0.4, -0.2) is 49.8 Å². The molecule has 0 unspecified atom stereocenters. The van der Waals surface area contributed by atoms with Gasteiger partial charge >= 0.3 is 0 Å². The lowest BCUT2D eigenvalue weighted by atomic mass is 9.86. The van der Waals surface area contributed by atoms with Crippen molar-refractivity contribution in [3.63, 3.8) is 0 Å². The third-order valence-corrected chi connectivity index (χ3v) is 7.22. The Labute approximate surface area is 194 Å². The second-order valence-electron chi connectivity index (χ2n) is 8.99. The van der Waals surface area contributed by atoms with Crippen molar-refractivity contribution in [1.29, 1.82) is 0 Å². The fourth-order valence-electron chi connectivity index (χ4n) is 5.41. The fraction of sp³-hybridized carbons (Fsp3) is 0.444. The summed E-state index contributed by atoms with van der Waals surface area (Å²) in [5.41, 5.74) is 4.86. The molecular formula is C27H32N2O4. The molecule has 2 aliphatic rings. The van der Waals surface area contributed by atoms with E-state index in [2.05, 4.69) is 46.4 Å². The molecule has 6 heteroatoms. The van der Waals surface area contributed by atoms with Crippen molar-refractivity contribution in [2.75, 3.05) is 34.0 Å². The van der Waals surface area contributed by atoms with Crippen LogP contribution in [0.2, 0.25) is 0 Å². The van der Waals surface area contributed by atoms with Gasteiger partial charge in [0.1, 0.15) is 0 Å². The molecule has 0 aliphatic carbocycles. The number of nitrogens with one attached hydrogen (secondary N) is 1. The number of nitrogens with zero attached hydrogens (tertiary/aromatic N) is 1. The summed E-state index contributed by atoms with van der Waals surface area (Å²) >= 11 is 0. The molecule has 1 aromatic heterocycles. The van der Waals surface area contributed by atoms with Crippen LogP contribution < -0.4 is 9.47 Å². The number of rotatable bonds is 6. The topological polar surface area (TPSA) is 63.8 Å². The Morgan fingerprint density at radius 3 is 2.67 bits per heavy atom. The van der Waals surface area contributed by atoms with Crippen molar-refractivity contribution in [2.45, 2.75) is 38.1 Å². The first-order chi connectivity index (χ1) is 16.2. The number of benzene rings is 2. The number of methoxy groups -OCH3 is 2. The SMILES string of the molecule is COc1cc2c(cc1OC)[C@@H](CCc1c[nH]c3ccccc13)N(C(=O)C1CCOCC1)CC2. The molecular weight excluding hydrogens is 416 g/mol. The third-order valence-electron chi connectivity index (χ3n) is 7.22. The van der Waals surface area contributed by atoms with E-state index >= 15 is 0 Å². The van der Waals surface area contributed by atoms with Gasteiger partial charge in [-0.2, -0.15) is 0 Å². The highest BCUT2D eigenvalue weighted by atomic mass is 16.5. The van der Waals surface area contributed by atoms with E-state index in [1.54, 1.807) is 14.2 Å². The highest BCUT2D eigenvalue weighted by molar-refractivity contribution is 5.83. The second kappa shape index (κ2) is 9.48. The number of para-hydroxylation sites is 1. The number of carbonyl (C=O) groups excluding carboxylic acids is 1. The first-order valence-corrected chi connectivity index (χ1v) is 11.9. The summed E-state index contributed by atoms with van der Waals surface area (Å²) in [5, 5.41) is 1.25. The van der Waals surface area contributed by atoms with Crippen molar-refractivity contribution in [3.05, 3.63) is 59.3 Å². The number of amides is 1. The molecule has 1 saturated heterocycles. The van der Waals surface area contributed by atoms with Gasteiger partial charge < -0.3 is 24.1 Å². The molecule has 33 heavy (non-hydrogen) atoms. The van der Waals surface area contributed by atoms with Crippen LogP contribution >= 0.6 is 0 Å². The quantitative estimate of drug-likeness (QED) is 0.595. The minimum Gasteiger partial charge on any atom is -0.493 e. The second-order valence-corrected chi connectivity index (χ2v) is 8.99. The van der Waals surface area contributed by atoms with Gasteiger partial charge in [-0.1, -0.05) is 18.2 Å². The molecule has 174 valence electrons. The van der Waals surface area contributed by atoms with E-state index in [0.29, 0.717) is 19.0 Å². The molecule has 1 atom stereocenters. The lowest BCUT2D eigenvalue weighted by molar-refractivity contribution is -0.141. The molecule has 0 saturated carbocycles. The molecule has 0 spiro atoms. The Morgan fingerprint density at radius 2 is 1.88 bits per heavy atom. The van der Waals surface area contributed by atoms with Crippen LogP contribution in [0, 0.1) is 5.92 Å². The van der Waals surface area contributed by atoms with Crippen LogP contribution in [0.15, 0.2) is 42.6 Å². The number of hydrogen-bond donors (Lipinski definition) is 1. The zero-order valence-electron chi connectivity index (χ0n) is 19.4. The first kappa shape index (κ1) is 21.8. The highest BCUT2D eigenvalue weighted by Crippen LogP contribution is 2.41. The van der Waals surface area contributed by atoms with Crippen LogP contribution in [0.4, 0.5) is 0 Å². The van der Waals surface area contributed by atoms with Crippen LogP contribution in [0.5, 0.6) is 11.5 Å². The van der Waals surface area contributed by atoms with Crippen LogP contribution in [0.3, 0.4) is 0 Å². The molecule has 0 radical (unpaired) electrons. The van der Waals surface area contributed by atoms with E-state index in [-0.39, 0.29) is 17.9 Å². The Morgan fingerprint density at radius 1 is 1.12 bits per heavy atom. The lowest BCUT2D eigenvalue weighted by Gasteiger charge is -2.40. The molecule has 2 aliphatic heterocycles. The largest absolute Gasteiger partial charge is 0.493 e. The summed E-state index contributed by atoms with van der Waals surface area (Å²) in [5.74, 6) is 1.78. The van der Waals surface area contributed by atoms with Gasteiger partial charge in [0.2, 0.25) is 5.91 Å². The first-order valence-electron chi connectivity index (χ1n) is 11.9. The zero-order chi connectivity index (χ0) is 22.8. The van der Waals surface area contributed by atoms with E-state index < -0.39 is 0 Å². The van der Waals surface area contributed by atoms with Crippen molar-refractivity contribution in [3.8, 4) is 11.5 Å². The summed E-state index contributed by atoms with van der Waals surface area (Å²) in [6, 6.07) is 12.6. The summed E-state index contributed by atoms with van der Waals surface area (Å²) in [4.78, 5) is 19.1. The molecule has 1 amide bonds. The minimum atomic E-state index is 0.0116. The normalized spacial score (nSPS) is 18.8. The van der Waals surface area contributed by atoms with Crippen molar-refractivity contribution >= 4 is 16.8 Å². The number of carbonyl (C=O) groups is 1.